The predicted octanol–water partition coefficient (Wildman–Crippen LogP) is 3.41. The minimum Gasteiger partial charge on any atom is -0.307 e. The molecule has 0 radical (unpaired) electrons. The van der Waals surface area contributed by atoms with Crippen LogP contribution in [0.15, 0.2) is 60.2 Å². The quantitative estimate of drug-likeness (QED) is 0.627. The summed E-state index contributed by atoms with van der Waals surface area (Å²) < 4.78 is 1.94. The van der Waals surface area contributed by atoms with E-state index in [0.29, 0.717) is 5.56 Å². The second-order valence-electron chi connectivity index (χ2n) is 4.43. The molecule has 0 unspecified atom stereocenters. The zero-order valence-corrected chi connectivity index (χ0v) is 12.5. The van der Waals surface area contributed by atoms with Crippen LogP contribution in [-0.2, 0) is 0 Å². The van der Waals surface area contributed by atoms with Gasteiger partial charge in [-0.3, -0.25) is 15.1 Å². The maximum Gasteiger partial charge on any atom is 0.272 e. The molecule has 0 aliphatic rings. The van der Waals surface area contributed by atoms with Gasteiger partial charge in [-0.25, -0.2) is 0 Å². The standard InChI is InChI=1S/C9H12N2.C7H7NO2/c1-8(2)11-7-5-4-6-9(11)10-3;1-6-4-2-3-5-7(6)8(9)10/h4-7H,1H2,2-3H3;2-5H,1H3. The van der Waals surface area contributed by atoms with Crippen LogP contribution in [0.3, 0.4) is 0 Å². The van der Waals surface area contributed by atoms with Crippen molar-refractivity contribution in [3.63, 3.8) is 0 Å². The van der Waals surface area contributed by atoms with Gasteiger partial charge in [-0.1, -0.05) is 30.8 Å². The Morgan fingerprint density at radius 2 is 1.86 bits per heavy atom. The monoisotopic (exact) mass is 285 g/mol. The molecule has 0 bridgehead atoms. The Balaban J connectivity index is 0.000000211. The van der Waals surface area contributed by atoms with Gasteiger partial charge >= 0.3 is 0 Å². The maximum absolute atomic E-state index is 10.2. The van der Waals surface area contributed by atoms with Crippen molar-refractivity contribution in [2.24, 2.45) is 4.99 Å². The highest BCUT2D eigenvalue weighted by atomic mass is 16.6. The number of nitrogens with zero attached hydrogens (tertiary/aromatic N) is 3. The highest BCUT2D eigenvalue weighted by Gasteiger charge is 2.05. The fourth-order valence-electron chi connectivity index (χ4n) is 1.71. The SMILES string of the molecule is C=C(C)n1ccccc1=NC.Cc1ccccc1[N+](=O)[O-]. The van der Waals surface area contributed by atoms with Crippen molar-refractivity contribution in [3.05, 3.63) is 76.4 Å². The average Bonchev–Trinajstić information content (AvgIpc) is 2.48. The van der Waals surface area contributed by atoms with Crippen LogP contribution in [0, 0.1) is 17.0 Å². The molecule has 0 N–H and O–H groups in total. The number of allylic oxidation sites excluding steroid dienone is 1. The van der Waals surface area contributed by atoms with Crippen LogP contribution in [-0.4, -0.2) is 16.5 Å². The first-order chi connectivity index (χ1) is 9.97. The highest BCUT2D eigenvalue weighted by Crippen LogP contribution is 2.14. The molecule has 5 heteroatoms. The number of hydrogen-bond acceptors (Lipinski definition) is 3. The van der Waals surface area contributed by atoms with Crippen molar-refractivity contribution in [1.29, 1.82) is 0 Å². The molecular formula is C16H19N3O2. The van der Waals surface area contributed by atoms with E-state index in [1.165, 1.54) is 6.07 Å². The van der Waals surface area contributed by atoms with Gasteiger partial charge in [0.25, 0.3) is 5.69 Å². The predicted molar refractivity (Wildman–Crippen MR) is 84.8 cm³/mol. The first-order valence-electron chi connectivity index (χ1n) is 6.43. The summed E-state index contributed by atoms with van der Waals surface area (Å²) in [5, 5.41) is 10.2. The number of nitro benzene ring substituents is 1. The van der Waals surface area contributed by atoms with E-state index in [1.54, 1.807) is 32.2 Å². The molecule has 110 valence electrons. The molecule has 2 rings (SSSR count). The summed E-state index contributed by atoms with van der Waals surface area (Å²) in [6.07, 6.45) is 1.95. The van der Waals surface area contributed by atoms with Gasteiger partial charge in [0.1, 0.15) is 5.49 Å². The minimum absolute atomic E-state index is 0.183. The topological polar surface area (TPSA) is 60.4 Å². The molecule has 0 aliphatic heterocycles. The van der Waals surface area contributed by atoms with Gasteiger partial charge in [0.2, 0.25) is 0 Å². The third-order valence-electron chi connectivity index (χ3n) is 2.79. The Morgan fingerprint density at radius 3 is 2.29 bits per heavy atom. The molecule has 0 fully saturated rings. The summed E-state index contributed by atoms with van der Waals surface area (Å²) in [4.78, 5) is 13.9. The molecular weight excluding hydrogens is 266 g/mol. The van der Waals surface area contributed by atoms with Gasteiger partial charge in [0.15, 0.2) is 0 Å². The summed E-state index contributed by atoms with van der Waals surface area (Å²) in [6, 6.07) is 12.5. The van der Waals surface area contributed by atoms with E-state index in [2.05, 4.69) is 11.6 Å². The van der Waals surface area contributed by atoms with Crippen LogP contribution in [0.1, 0.15) is 12.5 Å². The fraction of sp³-hybridized carbons (Fsp3) is 0.188. The number of aryl methyl sites for hydroxylation is 1. The van der Waals surface area contributed by atoms with Crippen molar-refractivity contribution in [3.8, 4) is 0 Å². The van der Waals surface area contributed by atoms with E-state index in [1.807, 2.05) is 35.9 Å². The van der Waals surface area contributed by atoms with Crippen LogP contribution >= 0.6 is 0 Å². The van der Waals surface area contributed by atoms with Crippen LogP contribution in [0.2, 0.25) is 0 Å². The van der Waals surface area contributed by atoms with Crippen molar-refractivity contribution in [2.75, 3.05) is 7.05 Å². The number of pyridine rings is 1. The van der Waals surface area contributed by atoms with Crippen LogP contribution in [0.4, 0.5) is 5.69 Å². The van der Waals surface area contributed by atoms with Gasteiger partial charge in [-0.15, -0.1) is 0 Å². The highest BCUT2D eigenvalue weighted by molar-refractivity contribution is 5.38. The largest absolute Gasteiger partial charge is 0.307 e. The van der Waals surface area contributed by atoms with Crippen LogP contribution < -0.4 is 5.49 Å². The van der Waals surface area contributed by atoms with Crippen molar-refractivity contribution in [1.82, 2.24) is 4.57 Å². The summed E-state index contributed by atoms with van der Waals surface area (Å²) in [5.41, 5.74) is 2.79. The fourth-order valence-corrected chi connectivity index (χ4v) is 1.71. The first-order valence-corrected chi connectivity index (χ1v) is 6.43. The summed E-state index contributed by atoms with van der Waals surface area (Å²) in [5.74, 6) is 0. The van der Waals surface area contributed by atoms with Gasteiger partial charge in [0.05, 0.1) is 4.92 Å². The second-order valence-corrected chi connectivity index (χ2v) is 4.43. The molecule has 1 aromatic carbocycles. The number of nitro groups is 1. The molecule has 0 saturated carbocycles. The third kappa shape index (κ3) is 4.72. The van der Waals surface area contributed by atoms with Gasteiger partial charge < -0.3 is 4.57 Å². The number of benzene rings is 1. The Kier molecular flexibility index (Phi) is 6.07. The van der Waals surface area contributed by atoms with Crippen LogP contribution in [0.5, 0.6) is 0 Å². The zero-order chi connectivity index (χ0) is 15.8. The van der Waals surface area contributed by atoms with E-state index >= 15 is 0 Å². The van der Waals surface area contributed by atoms with E-state index in [4.69, 9.17) is 0 Å². The lowest BCUT2D eigenvalue weighted by Crippen LogP contribution is -2.16. The smallest absolute Gasteiger partial charge is 0.272 e. The lowest BCUT2D eigenvalue weighted by molar-refractivity contribution is -0.385. The van der Waals surface area contributed by atoms with Crippen molar-refractivity contribution < 1.29 is 4.92 Å². The Morgan fingerprint density at radius 1 is 1.24 bits per heavy atom. The molecule has 5 nitrogen and oxygen atoms in total. The number of aromatic nitrogens is 1. The molecule has 0 aliphatic carbocycles. The molecule has 1 heterocycles. The van der Waals surface area contributed by atoms with Gasteiger partial charge in [0, 0.05) is 30.6 Å². The molecule has 0 spiro atoms. The van der Waals surface area contributed by atoms with E-state index in [9.17, 15) is 10.1 Å². The molecule has 0 amide bonds. The zero-order valence-electron chi connectivity index (χ0n) is 12.5. The average molecular weight is 285 g/mol. The molecule has 21 heavy (non-hydrogen) atoms. The second kappa shape index (κ2) is 7.79. The van der Waals surface area contributed by atoms with Crippen LogP contribution in [0.25, 0.3) is 5.70 Å². The Hall–Kier alpha value is -2.69. The van der Waals surface area contributed by atoms with E-state index < -0.39 is 0 Å². The summed E-state index contributed by atoms with van der Waals surface area (Å²) >= 11 is 0. The van der Waals surface area contributed by atoms with Crippen molar-refractivity contribution in [2.45, 2.75) is 13.8 Å². The Bertz CT molecular complexity index is 702. The van der Waals surface area contributed by atoms with Crippen molar-refractivity contribution >= 4 is 11.4 Å². The maximum atomic E-state index is 10.2. The lowest BCUT2D eigenvalue weighted by Gasteiger charge is -2.03. The summed E-state index contributed by atoms with van der Waals surface area (Å²) in [6.45, 7) is 7.51. The molecule has 0 atom stereocenters. The third-order valence-corrected chi connectivity index (χ3v) is 2.79. The van der Waals surface area contributed by atoms with Gasteiger partial charge in [-0.05, 0) is 26.0 Å². The normalized spacial score (nSPS) is 10.5. The molecule has 0 saturated heterocycles. The molecule has 1 aromatic heterocycles. The number of rotatable bonds is 2. The summed E-state index contributed by atoms with van der Waals surface area (Å²) in [7, 11) is 1.77. The van der Waals surface area contributed by atoms with E-state index in [-0.39, 0.29) is 10.6 Å². The Labute approximate surface area is 124 Å². The first kappa shape index (κ1) is 16.4. The minimum atomic E-state index is -0.380. The lowest BCUT2D eigenvalue weighted by atomic mass is 10.2. The number of hydrogen-bond donors (Lipinski definition) is 0. The molecule has 2 aromatic rings. The van der Waals surface area contributed by atoms with E-state index in [0.717, 1.165) is 11.2 Å². The number of para-hydroxylation sites is 1. The van der Waals surface area contributed by atoms with Gasteiger partial charge in [-0.2, -0.15) is 0 Å².